The number of hydrogen-bond donors (Lipinski definition) is 0. The summed E-state index contributed by atoms with van der Waals surface area (Å²) in [6.45, 7) is 2.22. The van der Waals surface area contributed by atoms with Crippen LogP contribution in [0.1, 0.15) is 28.5 Å². The molecule has 2 aromatic rings. The SMILES string of the molecule is Cn1cc([C@H]2OCC[C@@H]2C(=O)N2CCc3ccsc3C2)cn1. The number of carbonyl (C=O) groups is 1. The third kappa shape index (κ3) is 2.36. The second kappa shape index (κ2) is 5.52. The molecule has 0 aliphatic carbocycles. The largest absolute Gasteiger partial charge is 0.373 e. The van der Waals surface area contributed by atoms with Crippen molar-refractivity contribution < 1.29 is 9.53 Å². The van der Waals surface area contributed by atoms with Gasteiger partial charge in [-0.3, -0.25) is 9.48 Å². The molecule has 116 valence electrons. The van der Waals surface area contributed by atoms with Gasteiger partial charge in [-0.25, -0.2) is 0 Å². The topological polar surface area (TPSA) is 47.4 Å². The van der Waals surface area contributed by atoms with Crippen LogP contribution in [0.4, 0.5) is 0 Å². The van der Waals surface area contributed by atoms with E-state index in [2.05, 4.69) is 16.5 Å². The van der Waals surface area contributed by atoms with Gasteiger partial charge < -0.3 is 9.64 Å². The zero-order valence-corrected chi connectivity index (χ0v) is 13.4. The lowest BCUT2D eigenvalue weighted by atomic mass is 9.95. The molecular formula is C16H19N3O2S. The van der Waals surface area contributed by atoms with E-state index >= 15 is 0 Å². The molecule has 4 rings (SSSR count). The molecule has 22 heavy (non-hydrogen) atoms. The van der Waals surface area contributed by atoms with Gasteiger partial charge in [-0.1, -0.05) is 0 Å². The maximum atomic E-state index is 12.9. The van der Waals surface area contributed by atoms with Crippen molar-refractivity contribution in [3.8, 4) is 0 Å². The molecule has 0 unspecified atom stereocenters. The zero-order chi connectivity index (χ0) is 15.1. The van der Waals surface area contributed by atoms with Crippen LogP contribution in [-0.4, -0.2) is 33.7 Å². The third-order valence-corrected chi connectivity index (χ3v) is 5.55. The Morgan fingerprint density at radius 3 is 3.23 bits per heavy atom. The van der Waals surface area contributed by atoms with E-state index in [1.165, 1.54) is 10.4 Å². The normalized spacial score (nSPS) is 24.5. The molecule has 2 atom stereocenters. The number of ether oxygens (including phenoxy) is 1. The molecule has 0 saturated carbocycles. The van der Waals surface area contributed by atoms with Gasteiger partial charge in [0.25, 0.3) is 0 Å². The molecule has 0 radical (unpaired) electrons. The van der Waals surface area contributed by atoms with Crippen LogP contribution in [0, 0.1) is 5.92 Å². The highest BCUT2D eigenvalue weighted by Crippen LogP contribution is 2.36. The predicted octanol–water partition coefficient (Wildman–Crippen LogP) is 2.14. The lowest BCUT2D eigenvalue weighted by Gasteiger charge is -2.30. The van der Waals surface area contributed by atoms with Gasteiger partial charge in [-0.05, 0) is 29.9 Å². The van der Waals surface area contributed by atoms with Crippen LogP contribution in [0.2, 0.25) is 0 Å². The van der Waals surface area contributed by atoms with Crippen molar-refractivity contribution >= 4 is 17.2 Å². The number of aromatic nitrogens is 2. The first kappa shape index (κ1) is 14.0. The molecule has 2 aliphatic heterocycles. The number of hydrogen-bond acceptors (Lipinski definition) is 4. The first-order valence-electron chi connectivity index (χ1n) is 7.66. The van der Waals surface area contributed by atoms with Crippen LogP contribution in [0.15, 0.2) is 23.8 Å². The Labute approximate surface area is 133 Å². The molecule has 0 spiro atoms. The van der Waals surface area contributed by atoms with Crippen LogP contribution in [0.3, 0.4) is 0 Å². The average Bonchev–Trinajstić information content (AvgIpc) is 3.25. The van der Waals surface area contributed by atoms with Gasteiger partial charge in [0.05, 0.1) is 24.8 Å². The van der Waals surface area contributed by atoms with E-state index in [9.17, 15) is 4.79 Å². The second-order valence-corrected chi connectivity index (χ2v) is 7.01. The smallest absolute Gasteiger partial charge is 0.229 e. The van der Waals surface area contributed by atoms with Gasteiger partial charge in [-0.15, -0.1) is 11.3 Å². The van der Waals surface area contributed by atoms with Crippen molar-refractivity contribution in [3.63, 3.8) is 0 Å². The van der Waals surface area contributed by atoms with E-state index < -0.39 is 0 Å². The summed E-state index contributed by atoms with van der Waals surface area (Å²) in [5, 5.41) is 6.32. The van der Waals surface area contributed by atoms with Crippen molar-refractivity contribution in [1.29, 1.82) is 0 Å². The first-order valence-corrected chi connectivity index (χ1v) is 8.54. The lowest BCUT2D eigenvalue weighted by Crippen LogP contribution is -2.40. The molecule has 1 amide bonds. The molecule has 5 nitrogen and oxygen atoms in total. The summed E-state index contributed by atoms with van der Waals surface area (Å²) in [4.78, 5) is 16.3. The van der Waals surface area contributed by atoms with Gasteiger partial charge >= 0.3 is 0 Å². The van der Waals surface area contributed by atoms with Crippen molar-refractivity contribution in [3.05, 3.63) is 39.8 Å². The molecule has 0 bridgehead atoms. The number of thiophene rings is 1. The Morgan fingerprint density at radius 1 is 1.50 bits per heavy atom. The van der Waals surface area contributed by atoms with Crippen LogP contribution in [0.5, 0.6) is 0 Å². The Hall–Kier alpha value is -1.66. The fourth-order valence-electron chi connectivity index (χ4n) is 3.42. The summed E-state index contributed by atoms with van der Waals surface area (Å²) >= 11 is 1.75. The lowest BCUT2D eigenvalue weighted by molar-refractivity contribution is -0.138. The van der Waals surface area contributed by atoms with Crippen molar-refractivity contribution in [2.45, 2.75) is 25.5 Å². The fourth-order valence-corrected chi connectivity index (χ4v) is 4.37. The highest BCUT2D eigenvalue weighted by molar-refractivity contribution is 7.10. The highest BCUT2D eigenvalue weighted by Gasteiger charge is 2.39. The van der Waals surface area contributed by atoms with Crippen LogP contribution in [0.25, 0.3) is 0 Å². The fraction of sp³-hybridized carbons (Fsp3) is 0.500. The monoisotopic (exact) mass is 317 g/mol. The summed E-state index contributed by atoms with van der Waals surface area (Å²) in [5.41, 5.74) is 2.41. The minimum atomic E-state index is -0.147. The number of fused-ring (bicyclic) bond motifs is 1. The maximum absolute atomic E-state index is 12.9. The molecule has 0 aromatic carbocycles. The quantitative estimate of drug-likeness (QED) is 0.852. The van der Waals surface area contributed by atoms with E-state index in [0.29, 0.717) is 6.61 Å². The van der Waals surface area contributed by atoms with Crippen molar-refractivity contribution in [2.24, 2.45) is 13.0 Å². The standard InChI is InChI=1S/C16H19N3O2S/c1-18-9-12(8-17-18)15-13(3-6-21-15)16(20)19-5-2-11-4-7-22-14(11)10-19/h4,7-9,13,15H,2-3,5-6,10H2,1H3/t13-,15+/m0/s1. The number of amides is 1. The molecule has 4 heterocycles. The van der Waals surface area contributed by atoms with E-state index in [-0.39, 0.29) is 17.9 Å². The summed E-state index contributed by atoms with van der Waals surface area (Å²) < 4.78 is 7.59. The number of carbonyl (C=O) groups excluding carboxylic acids is 1. The molecule has 2 aromatic heterocycles. The Morgan fingerprint density at radius 2 is 2.41 bits per heavy atom. The highest BCUT2D eigenvalue weighted by atomic mass is 32.1. The van der Waals surface area contributed by atoms with Gasteiger partial charge in [0.2, 0.25) is 5.91 Å². The van der Waals surface area contributed by atoms with Crippen LogP contribution in [-0.2, 0) is 29.5 Å². The van der Waals surface area contributed by atoms with Gasteiger partial charge in [0.15, 0.2) is 0 Å². The van der Waals surface area contributed by atoms with E-state index in [0.717, 1.165) is 31.5 Å². The van der Waals surface area contributed by atoms with Crippen LogP contribution < -0.4 is 0 Å². The van der Waals surface area contributed by atoms with Crippen LogP contribution >= 0.6 is 11.3 Å². The number of aryl methyl sites for hydroxylation is 1. The average molecular weight is 317 g/mol. The minimum absolute atomic E-state index is 0.0780. The van der Waals surface area contributed by atoms with Gasteiger partial charge in [-0.2, -0.15) is 5.10 Å². The molecular weight excluding hydrogens is 298 g/mol. The first-order chi connectivity index (χ1) is 10.7. The van der Waals surface area contributed by atoms with Gasteiger partial charge in [0.1, 0.15) is 0 Å². The zero-order valence-electron chi connectivity index (χ0n) is 12.6. The summed E-state index contributed by atoms with van der Waals surface area (Å²) in [6.07, 6.45) is 5.38. The number of rotatable bonds is 2. The summed E-state index contributed by atoms with van der Waals surface area (Å²) in [6, 6.07) is 2.18. The minimum Gasteiger partial charge on any atom is -0.373 e. The Bertz CT molecular complexity index is 693. The Balaban J connectivity index is 1.52. The van der Waals surface area contributed by atoms with Crippen molar-refractivity contribution in [2.75, 3.05) is 13.2 Å². The van der Waals surface area contributed by atoms with Gasteiger partial charge in [0, 0.05) is 36.8 Å². The molecule has 0 N–H and O–H groups in total. The second-order valence-electron chi connectivity index (χ2n) is 6.01. The number of nitrogens with zero attached hydrogens (tertiary/aromatic N) is 3. The van der Waals surface area contributed by atoms with Crippen molar-refractivity contribution in [1.82, 2.24) is 14.7 Å². The summed E-state index contributed by atoms with van der Waals surface area (Å²) in [5.74, 6) is 0.149. The van der Waals surface area contributed by atoms with E-state index in [1.54, 1.807) is 16.0 Å². The Kier molecular flexibility index (Phi) is 3.50. The molecule has 1 saturated heterocycles. The third-order valence-electron chi connectivity index (χ3n) is 4.60. The molecule has 2 aliphatic rings. The van der Waals surface area contributed by atoms with E-state index in [1.807, 2.05) is 24.3 Å². The van der Waals surface area contributed by atoms with E-state index in [4.69, 9.17) is 4.74 Å². The predicted molar refractivity (Wildman–Crippen MR) is 83.4 cm³/mol. The molecule has 1 fully saturated rings. The molecule has 6 heteroatoms. The maximum Gasteiger partial charge on any atom is 0.229 e. The summed E-state index contributed by atoms with van der Waals surface area (Å²) in [7, 11) is 1.89.